The molecule has 5 heteroatoms. The average Bonchev–Trinajstić information content (AvgIpc) is 2.63. The van der Waals surface area contributed by atoms with Gasteiger partial charge in [0.15, 0.2) is 0 Å². The van der Waals surface area contributed by atoms with Gasteiger partial charge in [-0.1, -0.05) is 61.8 Å². The molecule has 26 heavy (non-hydrogen) atoms. The Hall–Kier alpha value is -2.33. The van der Waals surface area contributed by atoms with Crippen molar-refractivity contribution < 1.29 is 9.59 Å². The summed E-state index contributed by atoms with van der Waals surface area (Å²) in [5.41, 5.74) is 2.91. The molecule has 0 radical (unpaired) electrons. The van der Waals surface area contributed by atoms with Gasteiger partial charge >= 0.3 is 0 Å². The Morgan fingerprint density at radius 2 is 1.81 bits per heavy atom. The molecule has 2 N–H and O–H groups in total. The lowest BCUT2D eigenvalue weighted by Gasteiger charge is -2.37. The molecule has 0 bridgehead atoms. The molecule has 3 rings (SSSR count). The summed E-state index contributed by atoms with van der Waals surface area (Å²) in [5.74, 6) is -0.555. The maximum atomic E-state index is 12.3. The van der Waals surface area contributed by atoms with Gasteiger partial charge in [-0.2, -0.15) is 0 Å². The molecule has 1 aliphatic rings. The smallest absolute Gasteiger partial charge is 0.253 e. The van der Waals surface area contributed by atoms with E-state index in [1.165, 1.54) is 5.56 Å². The molecule has 0 fully saturated rings. The predicted octanol–water partition coefficient (Wildman–Crippen LogP) is 4.00. The maximum absolute atomic E-state index is 12.3. The second-order valence-corrected chi connectivity index (χ2v) is 7.70. The molecule has 2 aromatic carbocycles. The van der Waals surface area contributed by atoms with E-state index in [0.717, 1.165) is 18.4 Å². The van der Waals surface area contributed by atoms with Gasteiger partial charge < -0.3 is 10.6 Å². The van der Waals surface area contributed by atoms with Crippen LogP contribution in [0.1, 0.15) is 54.2 Å². The molecule has 136 valence electrons. The van der Waals surface area contributed by atoms with Crippen LogP contribution in [0.15, 0.2) is 48.5 Å². The van der Waals surface area contributed by atoms with Gasteiger partial charge in [-0.15, -0.1) is 0 Å². The third kappa shape index (κ3) is 3.91. The number of hydrogen-bond donors (Lipinski definition) is 2. The first-order valence-electron chi connectivity index (χ1n) is 8.80. The van der Waals surface area contributed by atoms with Crippen LogP contribution in [0, 0.1) is 0 Å². The lowest BCUT2D eigenvalue weighted by Crippen LogP contribution is -2.41. The van der Waals surface area contributed by atoms with Gasteiger partial charge in [0, 0.05) is 0 Å². The van der Waals surface area contributed by atoms with Crippen LogP contribution in [0.5, 0.6) is 0 Å². The molecular formula is C21H23ClN2O2. The minimum absolute atomic E-state index is 0.0241. The van der Waals surface area contributed by atoms with Crippen LogP contribution >= 0.6 is 11.6 Å². The first-order chi connectivity index (χ1) is 12.4. The Bertz CT molecular complexity index is 832. The number of nitrogens with one attached hydrogen (secondary N) is 2. The van der Waals surface area contributed by atoms with E-state index in [1.54, 1.807) is 24.3 Å². The molecule has 2 aromatic rings. The molecule has 1 atom stereocenters. The predicted molar refractivity (Wildman–Crippen MR) is 103 cm³/mol. The zero-order valence-corrected chi connectivity index (χ0v) is 15.8. The molecule has 0 saturated heterocycles. The van der Waals surface area contributed by atoms with E-state index in [9.17, 15) is 9.59 Å². The Balaban J connectivity index is 1.62. The average molecular weight is 371 g/mol. The van der Waals surface area contributed by atoms with Crippen molar-refractivity contribution >= 4 is 23.4 Å². The summed E-state index contributed by atoms with van der Waals surface area (Å²) in [6.07, 6.45) is 1.88. The molecule has 0 spiro atoms. The highest BCUT2D eigenvalue weighted by Crippen LogP contribution is 2.41. The highest BCUT2D eigenvalue weighted by Gasteiger charge is 2.32. The Morgan fingerprint density at radius 3 is 2.58 bits per heavy atom. The Morgan fingerprint density at radius 1 is 1.12 bits per heavy atom. The van der Waals surface area contributed by atoms with Gasteiger partial charge in [-0.3, -0.25) is 9.59 Å². The van der Waals surface area contributed by atoms with Crippen LogP contribution in [0.4, 0.5) is 0 Å². The largest absolute Gasteiger partial charge is 0.348 e. The summed E-state index contributed by atoms with van der Waals surface area (Å²) in [6, 6.07) is 15.0. The molecule has 1 aliphatic carbocycles. The number of carbonyl (C=O) groups excluding carboxylic acids is 2. The van der Waals surface area contributed by atoms with Gasteiger partial charge in [-0.25, -0.2) is 0 Å². The van der Waals surface area contributed by atoms with Crippen molar-refractivity contribution in [3.8, 4) is 0 Å². The summed E-state index contributed by atoms with van der Waals surface area (Å²) >= 11 is 6.01. The molecule has 4 nitrogen and oxygen atoms in total. The van der Waals surface area contributed by atoms with Crippen molar-refractivity contribution in [3.63, 3.8) is 0 Å². The van der Waals surface area contributed by atoms with Crippen molar-refractivity contribution in [3.05, 3.63) is 70.2 Å². The van der Waals surface area contributed by atoms with E-state index in [1.807, 2.05) is 12.1 Å². The molecule has 0 aromatic heterocycles. The zero-order valence-electron chi connectivity index (χ0n) is 15.0. The fourth-order valence-corrected chi connectivity index (χ4v) is 3.73. The Labute approximate surface area is 158 Å². The van der Waals surface area contributed by atoms with E-state index >= 15 is 0 Å². The molecule has 0 saturated carbocycles. The van der Waals surface area contributed by atoms with E-state index in [0.29, 0.717) is 10.6 Å². The lowest BCUT2D eigenvalue weighted by atomic mass is 9.71. The first-order valence-corrected chi connectivity index (χ1v) is 9.18. The van der Waals surface area contributed by atoms with E-state index in [2.05, 4.69) is 36.6 Å². The number of amides is 2. The summed E-state index contributed by atoms with van der Waals surface area (Å²) in [6.45, 7) is 4.38. The standard InChI is InChI=1S/C21H23ClN2O2/c1-21(2)12-11-18(14-7-3-5-9-16(14)21)24-19(25)13-23-20(26)15-8-4-6-10-17(15)22/h3-10,18H,11-13H2,1-2H3,(H,23,26)(H,24,25). The zero-order chi connectivity index (χ0) is 18.7. The molecular weight excluding hydrogens is 348 g/mol. The van der Waals surface area contributed by atoms with Crippen molar-refractivity contribution in [1.29, 1.82) is 0 Å². The maximum Gasteiger partial charge on any atom is 0.253 e. The van der Waals surface area contributed by atoms with Crippen LogP contribution in [-0.4, -0.2) is 18.4 Å². The highest BCUT2D eigenvalue weighted by atomic mass is 35.5. The fraction of sp³-hybridized carbons (Fsp3) is 0.333. The number of rotatable bonds is 4. The van der Waals surface area contributed by atoms with Gasteiger partial charge in [0.1, 0.15) is 0 Å². The van der Waals surface area contributed by atoms with Crippen molar-refractivity contribution in [2.45, 2.75) is 38.1 Å². The summed E-state index contributed by atoms with van der Waals surface area (Å²) in [4.78, 5) is 24.5. The number of carbonyl (C=O) groups is 2. The number of benzene rings is 2. The van der Waals surface area contributed by atoms with Crippen molar-refractivity contribution in [1.82, 2.24) is 10.6 Å². The normalized spacial score (nSPS) is 17.9. The number of hydrogen-bond acceptors (Lipinski definition) is 2. The van der Waals surface area contributed by atoms with Gasteiger partial charge in [-0.05, 0) is 41.5 Å². The van der Waals surface area contributed by atoms with Crippen molar-refractivity contribution in [2.75, 3.05) is 6.54 Å². The number of halogens is 1. The van der Waals surface area contributed by atoms with Gasteiger partial charge in [0.25, 0.3) is 5.91 Å². The summed E-state index contributed by atoms with van der Waals surface area (Å²) < 4.78 is 0. The van der Waals surface area contributed by atoms with E-state index < -0.39 is 0 Å². The number of fused-ring (bicyclic) bond motifs is 1. The van der Waals surface area contributed by atoms with E-state index in [-0.39, 0.29) is 29.8 Å². The minimum Gasteiger partial charge on any atom is -0.348 e. The summed E-state index contributed by atoms with van der Waals surface area (Å²) in [5, 5.41) is 6.05. The lowest BCUT2D eigenvalue weighted by molar-refractivity contribution is -0.121. The Kier molecular flexibility index (Phi) is 5.33. The molecule has 2 amide bonds. The topological polar surface area (TPSA) is 58.2 Å². The molecule has 1 unspecified atom stereocenters. The highest BCUT2D eigenvalue weighted by molar-refractivity contribution is 6.33. The second-order valence-electron chi connectivity index (χ2n) is 7.29. The van der Waals surface area contributed by atoms with Crippen LogP contribution < -0.4 is 10.6 Å². The minimum atomic E-state index is -0.351. The van der Waals surface area contributed by atoms with Crippen LogP contribution in [0.2, 0.25) is 5.02 Å². The second kappa shape index (κ2) is 7.50. The SMILES string of the molecule is CC1(C)CCC(NC(=O)CNC(=O)c2ccccc2Cl)c2ccccc21. The van der Waals surface area contributed by atoms with E-state index in [4.69, 9.17) is 11.6 Å². The summed E-state index contributed by atoms with van der Waals surface area (Å²) in [7, 11) is 0. The van der Waals surface area contributed by atoms with Crippen molar-refractivity contribution in [2.24, 2.45) is 0 Å². The quantitative estimate of drug-likeness (QED) is 0.854. The third-order valence-electron chi connectivity index (χ3n) is 4.99. The van der Waals surface area contributed by atoms with Crippen LogP contribution in [0.25, 0.3) is 0 Å². The molecule has 0 heterocycles. The van der Waals surface area contributed by atoms with Gasteiger partial charge in [0.2, 0.25) is 5.91 Å². The molecule has 0 aliphatic heterocycles. The fourth-order valence-electron chi connectivity index (χ4n) is 3.51. The monoisotopic (exact) mass is 370 g/mol. The first kappa shape index (κ1) is 18.5. The van der Waals surface area contributed by atoms with Gasteiger partial charge in [0.05, 0.1) is 23.2 Å². The van der Waals surface area contributed by atoms with Crippen LogP contribution in [0.3, 0.4) is 0 Å². The van der Waals surface area contributed by atoms with Crippen LogP contribution in [-0.2, 0) is 10.2 Å². The third-order valence-corrected chi connectivity index (χ3v) is 5.32.